The van der Waals surface area contributed by atoms with Crippen molar-refractivity contribution in [2.45, 2.75) is 114 Å². The summed E-state index contributed by atoms with van der Waals surface area (Å²) < 4.78 is 0. The van der Waals surface area contributed by atoms with Crippen LogP contribution in [0.1, 0.15) is 114 Å². The second-order valence-corrected chi connectivity index (χ2v) is 9.76. The first-order valence-corrected chi connectivity index (χ1v) is 15.2. The van der Waals surface area contributed by atoms with Gasteiger partial charge in [0, 0.05) is 11.3 Å². The first-order valence-electron chi connectivity index (χ1n) is 15.2. The van der Waals surface area contributed by atoms with Gasteiger partial charge in [-0.15, -0.1) is 11.8 Å². The molecule has 40 heavy (non-hydrogen) atoms. The molecule has 0 bridgehead atoms. The summed E-state index contributed by atoms with van der Waals surface area (Å²) in [7, 11) is 0. The molecule has 2 unspecified atom stereocenters. The lowest BCUT2D eigenvalue weighted by molar-refractivity contribution is 0.550. The van der Waals surface area contributed by atoms with Crippen molar-refractivity contribution in [1.29, 1.82) is 0 Å². The molecule has 0 saturated heterocycles. The van der Waals surface area contributed by atoms with Crippen molar-refractivity contribution in [3.63, 3.8) is 0 Å². The van der Waals surface area contributed by atoms with Gasteiger partial charge in [0.25, 0.3) is 0 Å². The lowest BCUT2D eigenvalue weighted by Crippen LogP contribution is -2.22. The Morgan fingerprint density at radius 3 is 1.93 bits per heavy atom. The highest BCUT2D eigenvalue weighted by atomic mass is 14.3. The smallest absolute Gasteiger partial charge is 0.0166 e. The third-order valence-electron chi connectivity index (χ3n) is 6.46. The zero-order valence-corrected chi connectivity index (χ0v) is 28.1. The Morgan fingerprint density at radius 1 is 0.950 bits per heavy atom. The van der Waals surface area contributed by atoms with Gasteiger partial charge in [0.15, 0.2) is 0 Å². The van der Waals surface area contributed by atoms with Crippen LogP contribution in [0.25, 0.3) is 0 Å². The minimum absolute atomic E-state index is 0.0633. The van der Waals surface area contributed by atoms with Crippen LogP contribution < -0.4 is 0 Å². The van der Waals surface area contributed by atoms with Crippen LogP contribution in [-0.4, -0.2) is 0 Å². The van der Waals surface area contributed by atoms with E-state index in [-0.39, 0.29) is 5.41 Å². The van der Waals surface area contributed by atoms with E-state index in [1.54, 1.807) is 0 Å². The van der Waals surface area contributed by atoms with Gasteiger partial charge in [-0.05, 0) is 70.6 Å². The lowest BCUT2D eigenvalue weighted by atomic mass is 9.74. The maximum absolute atomic E-state index is 4.18. The van der Waals surface area contributed by atoms with E-state index in [0.717, 1.165) is 12.8 Å². The van der Waals surface area contributed by atoms with Crippen molar-refractivity contribution in [1.82, 2.24) is 0 Å². The van der Waals surface area contributed by atoms with E-state index in [1.807, 2.05) is 32.9 Å². The minimum atomic E-state index is 0.0633. The zero-order chi connectivity index (χ0) is 31.2. The van der Waals surface area contributed by atoms with E-state index in [2.05, 4.69) is 153 Å². The lowest BCUT2D eigenvalue weighted by Gasteiger charge is -2.30. The van der Waals surface area contributed by atoms with Gasteiger partial charge in [-0.2, -0.15) is 0 Å². The molecule has 0 nitrogen and oxygen atoms in total. The van der Waals surface area contributed by atoms with Crippen LogP contribution in [0, 0.1) is 17.8 Å². The molecule has 0 aliphatic heterocycles. The van der Waals surface area contributed by atoms with Crippen molar-refractivity contribution in [2.75, 3.05) is 0 Å². The first kappa shape index (κ1) is 41.4. The van der Waals surface area contributed by atoms with Crippen LogP contribution >= 0.6 is 0 Å². The topological polar surface area (TPSA) is 0 Å². The third-order valence-corrected chi connectivity index (χ3v) is 6.46. The Morgan fingerprint density at radius 2 is 1.52 bits per heavy atom. The largest absolute Gasteiger partial charge is 0.107 e. The molecule has 0 fully saturated rings. The summed E-state index contributed by atoms with van der Waals surface area (Å²) in [5.41, 5.74) is 5.44. The molecule has 1 aromatic carbocycles. The summed E-state index contributed by atoms with van der Waals surface area (Å²) in [5.74, 6) is 5.90. The average molecular weight is 543 g/mol. The molecular weight excluding hydrogens is 480 g/mol. The fourth-order valence-electron chi connectivity index (χ4n) is 3.82. The van der Waals surface area contributed by atoms with E-state index < -0.39 is 0 Å². The molecule has 1 aromatic rings. The number of benzene rings is 1. The molecule has 0 saturated carbocycles. The second kappa shape index (κ2) is 29.0. The predicted molar refractivity (Wildman–Crippen MR) is 188 cm³/mol. The minimum Gasteiger partial charge on any atom is -0.107 e. The summed E-state index contributed by atoms with van der Waals surface area (Å²) in [6, 6.07) is 10.6. The summed E-state index contributed by atoms with van der Waals surface area (Å²) in [6.07, 6.45) is 24.8. The maximum Gasteiger partial charge on any atom is 0.0166 e. The van der Waals surface area contributed by atoms with Crippen LogP contribution in [0.5, 0.6) is 0 Å². The SMILES string of the molecule is C=C(/C=C\C)C(C)(CC)c1ccccc1.C=C/C=C\C=C(/C)C(CCC)C(/C=C\CC)=C/C.CC#CC.CCC. The molecule has 0 spiro atoms. The van der Waals surface area contributed by atoms with Crippen molar-refractivity contribution in [3.8, 4) is 11.8 Å². The summed E-state index contributed by atoms with van der Waals surface area (Å²) in [6.45, 7) is 31.0. The van der Waals surface area contributed by atoms with Gasteiger partial charge in [-0.25, -0.2) is 0 Å². The molecule has 0 heteroatoms. The highest BCUT2D eigenvalue weighted by Crippen LogP contribution is 2.34. The number of allylic oxidation sites excluding steroid dienone is 12. The molecule has 0 radical (unpaired) electrons. The maximum atomic E-state index is 4.18. The van der Waals surface area contributed by atoms with E-state index >= 15 is 0 Å². The van der Waals surface area contributed by atoms with Crippen LogP contribution in [0.2, 0.25) is 0 Å². The highest BCUT2D eigenvalue weighted by Gasteiger charge is 2.25. The number of hydrogen-bond donors (Lipinski definition) is 0. The van der Waals surface area contributed by atoms with Crippen LogP contribution in [0.3, 0.4) is 0 Å². The normalized spacial score (nSPS) is 13.5. The van der Waals surface area contributed by atoms with Gasteiger partial charge < -0.3 is 0 Å². The Hall–Kier alpha value is -3.04. The fourth-order valence-corrected chi connectivity index (χ4v) is 3.82. The quantitative estimate of drug-likeness (QED) is 0.182. The zero-order valence-electron chi connectivity index (χ0n) is 28.1. The molecule has 222 valence electrons. The number of hydrogen-bond acceptors (Lipinski definition) is 0. The third kappa shape index (κ3) is 19.1. The summed E-state index contributed by atoms with van der Waals surface area (Å²) >= 11 is 0. The van der Waals surface area contributed by atoms with Crippen molar-refractivity contribution in [2.24, 2.45) is 5.92 Å². The van der Waals surface area contributed by atoms with Crippen molar-refractivity contribution >= 4 is 0 Å². The molecule has 0 aliphatic carbocycles. The Kier molecular flexibility index (Phi) is 30.0. The van der Waals surface area contributed by atoms with Crippen LogP contribution in [0.15, 0.2) is 115 Å². The van der Waals surface area contributed by atoms with Gasteiger partial charge in [-0.1, -0.05) is 158 Å². The summed E-state index contributed by atoms with van der Waals surface area (Å²) in [4.78, 5) is 0. The molecule has 0 aromatic heterocycles. The molecule has 0 amide bonds. The Labute approximate surface area is 251 Å². The molecule has 0 N–H and O–H groups in total. The van der Waals surface area contributed by atoms with Crippen LogP contribution in [-0.2, 0) is 5.41 Å². The predicted octanol–water partition coefficient (Wildman–Crippen LogP) is 12.9. The van der Waals surface area contributed by atoms with Gasteiger partial charge in [0.1, 0.15) is 0 Å². The Balaban J connectivity index is -0.000000559. The Bertz CT molecular complexity index is 960. The monoisotopic (exact) mass is 542 g/mol. The van der Waals surface area contributed by atoms with E-state index in [9.17, 15) is 0 Å². The van der Waals surface area contributed by atoms with Gasteiger partial charge >= 0.3 is 0 Å². The molecule has 0 aliphatic rings. The average Bonchev–Trinajstić information content (AvgIpc) is 2.98. The molecule has 1 rings (SSSR count). The van der Waals surface area contributed by atoms with Gasteiger partial charge in [0.2, 0.25) is 0 Å². The molecular formula is C40H62. The summed E-state index contributed by atoms with van der Waals surface area (Å²) in [5, 5.41) is 0. The first-order chi connectivity index (χ1) is 19.2. The highest BCUT2D eigenvalue weighted by molar-refractivity contribution is 5.39. The molecule has 0 heterocycles. The second-order valence-electron chi connectivity index (χ2n) is 9.76. The van der Waals surface area contributed by atoms with Gasteiger partial charge in [0.05, 0.1) is 0 Å². The standard InChI is InChI=1S/C18H28.C15H20.C4H6.C3H8/c1-6-10-12-14-16(5)18(13-8-3)17(9-4)15-11-7-2;1-5-10-13(3)15(4,6-2)14-11-8-7-9-12-14;1-3-4-2;1-3-2/h6,9-12,14-15,18H,1,7-8,13H2,2-5H3;5,7-12H,3,6H2,1-2,4H3;1-2H3;3H2,1-2H3/b12-10-,15-11-,16-14+,17-9+;10-5-;;. The van der Waals surface area contributed by atoms with Crippen molar-refractivity contribution in [3.05, 3.63) is 120 Å². The van der Waals surface area contributed by atoms with Crippen LogP contribution in [0.4, 0.5) is 0 Å². The van der Waals surface area contributed by atoms with Crippen molar-refractivity contribution < 1.29 is 0 Å². The van der Waals surface area contributed by atoms with E-state index in [4.69, 9.17) is 0 Å². The van der Waals surface area contributed by atoms with Gasteiger partial charge in [-0.3, -0.25) is 0 Å². The van der Waals surface area contributed by atoms with E-state index in [0.29, 0.717) is 5.92 Å². The number of rotatable bonds is 12. The fraction of sp³-hybridized carbons (Fsp3) is 0.450. The molecule has 2 atom stereocenters. The van der Waals surface area contributed by atoms with E-state index in [1.165, 1.54) is 41.5 Å².